The third-order valence-electron chi connectivity index (χ3n) is 5.69. The summed E-state index contributed by atoms with van der Waals surface area (Å²) in [7, 11) is 1.65. The lowest BCUT2D eigenvalue weighted by atomic mass is 9.95. The van der Waals surface area contributed by atoms with Gasteiger partial charge in [-0.05, 0) is 49.4 Å². The number of fused-ring (bicyclic) bond motifs is 3. The van der Waals surface area contributed by atoms with Crippen LogP contribution in [0.25, 0.3) is 0 Å². The van der Waals surface area contributed by atoms with E-state index in [4.69, 9.17) is 19.3 Å². The van der Waals surface area contributed by atoms with Crippen LogP contribution < -0.4 is 14.2 Å². The second-order valence-corrected chi connectivity index (χ2v) is 7.51. The van der Waals surface area contributed by atoms with Gasteiger partial charge in [0.1, 0.15) is 11.5 Å². The molecular weight excluding hydrogens is 392 g/mol. The summed E-state index contributed by atoms with van der Waals surface area (Å²) in [6, 6.07) is 21.1. The molecule has 5 rings (SSSR count). The van der Waals surface area contributed by atoms with Crippen molar-refractivity contribution in [2.24, 2.45) is 5.10 Å². The number of para-hydroxylation sites is 2. The van der Waals surface area contributed by atoms with Crippen molar-refractivity contribution in [3.05, 3.63) is 83.4 Å². The van der Waals surface area contributed by atoms with E-state index < -0.39 is 6.23 Å². The minimum absolute atomic E-state index is 0.0231. The molecular formula is C25H24N2O4. The largest absolute Gasteiger partial charge is 0.507 e. The highest BCUT2D eigenvalue weighted by atomic mass is 16.5. The molecule has 3 aromatic carbocycles. The van der Waals surface area contributed by atoms with E-state index in [2.05, 4.69) is 0 Å². The Bertz CT molecular complexity index is 1130. The number of aromatic hydroxyl groups is 1. The van der Waals surface area contributed by atoms with Crippen LogP contribution >= 0.6 is 0 Å². The van der Waals surface area contributed by atoms with Gasteiger partial charge in [0.15, 0.2) is 11.5 Å². The van der Waals surface area contributed by atoms with Crippen molar-refractivity contribution < 1.29 is 19.3 Å². The fraction of sp³-hybridized carbons (Fsp3) is 0.240. The lowest BCUT2D eigenvalue weighted by Crippen LogP contribution is -2.33. The first-order chi connectivity index (χ1) is 15.2. The molecule has 0 saturated carbocycles. The molecule has 6 nitrogen and oxygen atoms in total. The standard InChI is InChI=1S/C25H24N2O4/c1-3-30-17-13-11-16(12-14-17)25-27-21(19-8-6-10-23(29-2)24(19)31-25)15-20(26-27)18-7-4-5-9-22(18)28/h4-14,21,25,28H,3,15H2,1-2H3/t21-,25-/m0/s1. The predicted octanol–water partition coefficient (Wildman–Crippen LogP) is 5.04. The fourth-order valence-electron chi connectivity index (χ4n) is 4.24. The summed E-state index contributed by atoms with van der Waals surface area (Å²) < 4.78 is 17.6. The zero-order chi connectivity index (χ0) is 21.4. The highest BCUT2D eigenvalue weighted by Gasteiger charge is 2.42. The smallest absolute Gasteiger partial charge is 0.214 e. The van der Waals surface area contributed by atoms with Gasteiger partial charge in [-0.1, -0.05) is 24.3 Å². The Labute approximate surface area is 181 Å². The van der Waals surface area contributed by atoms with Crippen molar-refractivity contribution in [3.63, 3.8) is 0 Å². The molecule has 0 radical (unpaired) electrons. The van der Waals surface area contributed by atoms with Crippen molar-refractivity contribution in [2.45, 2.75) is 25.6 Å². The van der Waals surface area contributed by atoms with Gasteiger partial charge in [0.25, 0.3) is 0 Å². The molecule has 0 bridgehead atoms. The van der Waals surface area contributed by atoms with E-state index in [-0.39, 0.29) is 11.8 Å². The first kappa shape index (κ1) is 19.3. The van der Waals surface area contributed by atoms with Crippen LogP contribution in [0.1, 0.15) is 42.3 Å². The number of phenolic OH excluding ortho intramolecular Hbond substituents is 1. The van der Waals surface area contributed by atoms with Gasteiger partial charge in [-0.15, -0.1) is 0 Å². The maximum atomic E-state index is 10.4. The summed E-state index contributed by atoms with van der Waals surface area (Å²) in [5.41, 5.74) is 3.56. The van der Waals surface area contributed by atoms with Gasteiger partial charge in [-0.25, -0.2) is 5.01 Å². The molecule has 0 fully saturated rings. The molecule has 0 unspecified atom stereocenters. The predicted molar refractivity (Wildman–Crippen MR) is 118 cm³/mol. The lowest BCUT2D eigenvalue weighted by molar-refractivity contribution is -0.0209. The van der Waals surface area contributed by atoms with Crippen LogP contribution in [0.5, 0.6) is 23.0 Å². The van der Waals surface area contributed by atoms with Crippen LogP contribution in [0.4, 0.5) is 0 Å². The van der Waals surface area contributed by atoms with E-state index in [1.165, 1.54) is 0 Å². The molecule has 2 aliphatic heterocycles. The molecule has 6 heteroatoms. The highest BCUT2D eigenvalue weighted by Crippen LogP contribution is 2.51. The molecule has 1 N–H and O–H groups in total. The summed E-state index contributed by atoms with van der Waals surface area (Å²) in [6.45, 7) is 2.58. The quantitative estimate of drug-likeness (QED) is 0.631. The molecule has 3 aromatic rings. The second-order valence-electron chi connectivity index (χ2n) is 7.51. The Morgan fingerprint density at radius 1 is 1.06 bits per heavy atom. The molecule has 2 heterocycles. The number of benzene rings is 3. The van der Waals surface area contributed by atoms with Crippen molar-refractivity contribution in [2.75, 3.05) is 13.7 Å². The van der Waals surface area contributed by atoms with Gasteiger partial charge in [0.2, 0.25) is 6.23 Å². The molecule has 0 aromatic heterocycles. The average molecular weight is 416 g/mol. The van der Waals surface area contributed by atoms with Gasteiger partial charge < -0.3 is 19.3 Å². The third-order valence-corrected chi connectivity index (χ3v) is 5.69. The topological polar surface area (TPSA) is 63.5 Å². The van der Waals surface area contributed by atoms with Crippen molar-refractivity contribution in [3.8, 4) is 23.0 Å². The molecule has 0 spiro atoms. The molecule has 0 aliphatic carbocycles. The Morgan fingerprint density at radius 3 is 2.61 bits per heavy atom. The maximum absolute atomic E-state index is 10.4. The fourth-order valence-corrected chi connectivity index (χ4v) is 4.24. The summed E-state index contributed by atoms with van der Waals surface area (Å²) in [6.07, 6.45) is 0.238. The number of methoxy groups -OCH3 is 1. The van der Waals surface area contributed by atoms with E-state index in [1.807, 2.05) is 72.6 Å². The number of hydrogen-bond donors (Lipinski definition) is 1. The maximum Gasteiger partial charge on any atom is 0.214 e. The Balaban J connectivity index is 1.59. The summed E-state index contributed by atoms with van der Waals surface area (Å²) >= 11 is 0. The zero-order valence-electron chi connectivity index (χ0n) is 17.5. The van der Waals surface area contributed by atoms with Crippen molar-refractivity contribution in [1.82, 2.24) is 5.01 Å². The number of ether oxygens (including phenoxy) is 3. The van der Waals surface area contributed by atoms with Crippen LogP contribution in [0, 0.1) is 0 Å². The van der Waals surface area contributed by atoms with Gasteiger partial charge in [-0.2, -0.15) is 5.10 Å². The van der Waals surface area contributed by atoms with E-state index in [9.17, 15) is 5.11 Å². The number of nitrogens with zero attached hydrogens (tertiary/aromatic N) is 2. The normalized spacial score (nSPS) is 19.2. The Kier molecular flexibility index (Phi) is 4.90. The van der Waals surface area contributed by atoms with Gasteiger partial charge in [0.05, 0.1) is 25.5 Å². The van der Waals surface area contributed by atoms with Gasteiger partial charge in [-0.3, -0.25) is 0 Å². The first-order valence-electron chi connectivity index (χ1n) is 10.4. The van der Waals surface area contributed by atoms with E-state index in [0.29, 0.717) is 18.8 Å². The minimum atomic E-state index is -0.423. The number of hydrazone groups is 1. The molecule has 0 amide bonds. The molecule has 2 aliphatic rings. The first-order valence-corrected chi connectivity index (χ1v) is 10.4. The van der Waals surface area contributed by atoms with Crippen LogP contribution in [0.3, 0.4) is 0 Å². The molecule has 31 heavy (non-hydrogen) atoms. The van der Waals surface area contributed by atoms with Gasteiger partial charge in [0, 0.05) is 23.1 Å². The van der Waals surface area contributed by atoms with E-state index in [1.54, 1.807) is 13.2 Å². The highest BCUT2D eigenvalue weighted by molar-refractivity contribution is 6.04. The van der Waals surface area contributed by atoms with Gasteiger partial charge >= 0.3 is 0 Å². The second kappa shape index (κ2) is 7.87. The van der Waals surface area contributed by atoms with Crippen molar-refractivity contribution in [1.29, 1.82) is 0 Å². The molecule has 158 valence electrons. The minimum Gasteiger partial charge on any atom is -0.507 e. The third kappa shape index (κ3) is 3.34. The Morgan fingerprint density at radius 2 is 1.87 bits per heavy atom. The summed E-state index contributed by atoms with van der Waals surface area (Å²) in [4.78, 5) is 0. The van der Waals surface area contributed by atoms with Crippen LogP contribution in [-0.2, 0) is 0 Å². The van der Waals surface area contributed by atoms with E-state index in [0.717, 1.165) is 33.9 Å². The summed E-state index contributed by atoms with van der Waals surface area (Å²) in [5, 5.41) is 17.3. The van der Waals surface area contributed by atoms with Crippen LogP contribution in [0.15, 0.2) is 71.8 Å². The summed E-state index contributed by atoms with van der Waals surface area (Å²) in [5.74, 6) is 2.48. The number of phenols is 1. The van der Waals surface area contributed by atoms with Crippen LogP contribution in [-0.4, -0.2) is 29.5 Å². The molecule has 2 atom stereocenters. The number of rotatable bonds is 5. The van der Waals surface area contributed by atoms with Crippen LogP contribution in [0.2, 0.25) is 0 Å². The van der Waals surface area contributed by atoms with Crippen molar-refractivity contribution >= 4 is 5.71 Å². The number of hydrogen-bond acceptors (Lipinski definition) is 6. The van der Waals surface area contributed by atoms with E-state index >= 15 is 0 Å². The Hall–Kier alpha value is -3.67. The monoisotopic (exact) mass is 416 g/mol. The zero-order valence-corrected chi connectivity index (χ0v) is 17.5. The average Bonchev–Trinajstić information content (AvgIpc) is 3.25. The molecule has 0 saturated heterocycles. The lowest BCUT2D eigenvalue weighted by Gasteiger charge is -2.38. The SMILES string of the molecule is CCOc1ccc([C@@H]2Oc3c(OC)cccc3[C@@H]3CC(c4ccccc4O)=NN32)cc1.